The summed E-state index contributed by atoms with van der Waals surface area (Å²) in [5.41, 5.74) is 0. The first-order valence-electron chi connectivity index (χ1n) is 41.0. The number of ether oxygens (including phenoxy) is 4. The number of hydrogen-bond donors (Lipinski definition) is 3. The van der Waals surface area contributed by atoms with Crippen molar-refractivity contribution in [2.45, 2.75) is 426 Å². The van der Waals surface area contributed by atoms with E-state index in [9.17, 15) is 43.2 Å². The molecule has 0 aromatic carbocycles. The molecule has 0 heterocycles. The number of hydrogen-bond acceptors (Lipinski definition) is 15. The molecule has 0 aliphatic carbocycles. The SMILES string of the molecule is CCCCCCCCCCCCCCC(=O)O[C@H](COC(=O)CCCCCCCCC(C)CC)COP(=O)(O)OC[C@H](O)COP(=O)(O)OC[C@@H](COC(=O)CCCCCCCCCCCCC(C)CC)OC(=O)CCCCCCCCCCCCCCCCCCCCC(C)CC. The van der Waals surface area contributed by atoms with E-state index in [1.807, 2.05) is 0 Å². The van der Waals surface area contributed by atoms with Gasteiger partial charge in [0.15, 0.2) is 12.2 Å². The van der Waals surface area contributed by atoms with Crippen molar-refractivity contribution >= 4 is 39.5 Å². The molecule has 0 radical (unpaired) electrons. The second-order valence-corrected chi connectivity index (χ2v) is 32.1. The van der Waals surface area contributed by atoms with Gasteiger partial charge in [-0.3, -0.25) is 37.3 Å². The Hall–Kier alpha value is -1.94. The minimum Gasteiger partial charge on any atom is -0.462 e. The molecule has 98 heavy (non-hydrogen) atoms. The third kappa shape index (κ3) is 68.5. The summed E-state index contributed by atoms with van der Waals surface area (Å²) in [6.45, 7) is 12.0. The van der Waals surface area contributed by atoms with Gasteiger partial charge in [-0.05, 0) is 43.4 Å². The molecular weight excluding hydrogens is 1280 g/mol. The second-order valence-electron chi connectivity index (χ2n) is 29.2. The number of phosphoric acid groups is 2. The zero-order valence-electron chi connectivity index (χ0n) is 64.3. The maximum Gasteiger partial charge on any atom is 0.472 e. The van der Waals surface area contributed by atoms with E-state index in [1.54, 1.807) is 0 Å². The Balaban J connectivity index is 5.21. The minimum atomic E-state index is -4.96. The smallest absolute Gasteiger partial charge is 0.462 e. The van der Waals surface area contributed by atoms with E-state index in [2.05, 4.69) is 48.5 Å². The van der Waals surface area contributed by atoms with Crippen LogP contribution < -0.4 is 0 Å². The molecule has 0 bridgehead atoms. The zero-order chi connectivity index (χ0) is 72.3. The number of aliphatic hydroxyl groups excluding tert-OH is 1. The van der Waals surface area contributed by atoms with Crippen LogP contribution in [0.25, 0.3) is 0 Å². The molecule has 582 valence electrons. The van der Waals surface area contributed by atoms with Crippen molar-refractivity contribution in [1.82, 2.24) is 0 Å². The van der Waals surface area contributed by atoms with Crippen LogP contribution in [0.15, 0.2) is 0 Å². The summed E-state index contributed by atoms with van der Waals surface area (Å²) in [6, 6.07) is 0. The van der Waals surface area contributed by atoms with Gasteiger partial charge in [-0.2, -0.15) is 0 Å². The first-order valence-corrected chi connectivity index (χ1v) is 44.0. The number of aliphatic hydroxyl groups is 1. The van der Waals surface area contributed by atoms with Crippen molar-refractivity contribution in [3.05, 3.63) is 0 Å². The monoisotopic (exact) mass is 1440 g/mol. The lowest BCUT2D eigenvalue weighted by Crippen LogP contribution is -2.30. The Morgan fingerprint density at radius 3 is 0.724 bits per heavy atom. The van der Waals surface area contributed by atoms with Gasteiger partial charge in [0, 0.05) is 25.7 Å². The molecule has 19 heteroatoms. The van der Waals surface area contributed by atoms with Crippen LogP contribution in [-0.4, -0.2) is 96.7 Å². The Bertz CT molecular complexity index is 1910. The molecule has 0 aromatic heterocycles. The highest BCUT2D eigenvalue weighted by Gasteiger charge is 2.30. The van der Waals surface area contributed by atoms with Crippen molar-refractivity contribution in [1.29, 1.82) is 0 Å². The summed E-state index contributed by atoms with van der Waals surface area (Å²) in [5.74, 6) is 0.297. The number of phosphoric ester groups is 2. The molecule has 0 amide bonds. The fourth-order valence-electron chi connectivity index (χ4n) is 12.0. The van der Waals surface area contributed by atoms with Gasteiger partial charge >= 0.3 is 39.5 Å². The summed E-state index contributed by atoms with van der Waals surface area (Å²) in [4.78, 5) is 72.9. The van der Waals surface area contributed by atoms with Gasteiger partial charge < -0.3 is 33.8 Å². The predicted octanol–water partition coefficient (Wildman–Crippen LogP) is 23.4. The Morgan fingerprint density at radius 1 is 0.286 bits per heavy atom. The first-order chi connectivity index (χ1) is 47.3. The molecule has 0 saturated carbocycles. The van der Waals surface area contributed by atoms with Crippen LogP contribution in [0.4, 0.5) is 0 Å². The van der Waals surface area contributed by atoms with Crippen molar-refractivity contribution < 1.29 is 80.2 Å². The lowest BCUT2D eigenvalue weighted by Gasteiger charge is -2.21. The first kappa shape index (κ1) is 96.1. The van der Waals surface area contributed by atoms with Crippen LogP contribution in [-0.2, 0) is 65.4 Å². The Labute approximate surface area is 600 Å². The van der Waals surface area contributed by atoms with Gasteiger partial charge in [-0.25, -0.2) is 9.13 Å². The van der Waals surface area contributed by atoms with Crippen molar-refractivity contribution in [3.8, 4) is 0 Å². The van der Waals surface area contributed by atoms with E-state index < -0.39 is 97.5 Å². The van der Waals surface area contributed by atoms with E-state index in [4.69, 9.17) is 37.0 Å². The molecule has 0 aliphatic rings. The minimum absolute atomic E-state index is 0.106. The summed E-state index contributed by atoms with van der Waals surface area (Å²) in [5, 5.41) is 10.6. The fraction of sp³-hybridized carbons (Fsp3) is 0.949. The zero-order valence-corrected chi connectivity index (χ0v) is 66.0. The van der Waals surface area contributed by atoms with Gasteiger partial charge in [0.25, 0.3) is 0 Å². The third-order valence-electron chi connectivity index (χ3n) is 19.5. The van der Waals surface area contributed by atoms with Crippen LogP contribution in [0.1, 0.15) is 408 Å². The summed E-state index contributed by atoms with van der Waals surface area (Å²) in [6.07, 6.45) is 56.8. The topological polar surface area (TPSA) is 237 Å². The van der Waals surface area contributed by atoms with Gasteiger partial charge in [0.1, 0.15) is 19.3 Å². The number of carbonyl (C=O) groups excluding carboxylic acids is 4. The average Bonchev–Trinajstić information content (AvgIpc) is 1.69. The highest BCUT2D eigenvalue weighted by molar-refractivity contribution is 7.47. The van der Waals surface area contributed by atoms with Gasteiger partial charge in [0.05, 0.1) is 26.4 Å². The molecule has 17 nitrogen and oxygen atoms in total. The number of esters is 4. The highest BCUT2D eigenvalue weighted by Crippen LogP contribution is 2.45. The molecule has 0 spiro atoms. The molecule has 0 saturated heterocycles. The lowest BCUT2D eigenvalue weighted by molar-refractivity contribution is -0.161. The van der Waals surface area contributed by atoms with Crippen LogP contribution in [0.2, 0.25) is 0 Å². The largest absolute Gasteiger partial charge is 0.472 e. The standard InChI is InChI=1S/C79H154O17P2/c1-8-12-13-14-15-16-17-27-34-39-48-55-62-78(83)96-75(67-90-77(82)61-54-47-42-41-45-52-59-72(7)11-4)69-94-98(87,88)92-65-73(80)64-91-97(85,86)93-68-74(66-89-76(81)60-53-46-38-33-30-29-32-37-44-51-58-71(6)10-3)95-79(84)63-56-49-40-35-28-25-23-21-19-18-20-22-24-26-31-36-43-50-57-70(5)9-2/h70-75,80H,8-69H2,1-7H3,(H,85,86)(H,87,88)/t70?,71?,72?,73-,74-,75-/m1/s1. The molecule has 8 atom stereocenters. The quantitative estimate of drug-likeness (QED) is 0.0222. The highest BCUT2D eigenvalue weighted by atomic mass is 31.2. The average molecular weight is 1440 g/mol. The number of carbonyl (C=O) groups is 4. The predicted molar refractivity (Wildman–Crippen MR) is 400 cm³/mol. The summed E-state index contributed by atoms with van der Waals surface area (Å²) < 4.78 is 68.6. The van der Waals surface area contributed by atoms with E-state index in [1.165, 1.54) is 212 Å². The van der Waals surface area contributed by atoms with Crippen LogP contribution in [0.5, 0.6) is 0 Å². The molecule has 0 aliphatic heterocycles. The maximum atomic E-state index is 13.1. The molecule has 5 unspecified atom stereocenters. The van der Waals surface area contributed by atoms with E-state index in [-0.39, 0.29) is 25.7 Å². The summed E-state index contributed by atoms with van der Waals surface area (Å²) >= 11 is 0. The fourth-order valence-corrected chi connectivity index (χ4v) is 13.6. The van der Waals surface area contributed by atoms with Crippen molar-refractivity contribution in [2.24, 2.45) is 17.8 Å². The van der Waals surface area contributed by atoms with E-state index >= 15 is 0 Å². The maximum absolute atomic E-state index is 13.1. The normalized spacial score (nSPS) is 14.8. The number of unbranched alkanes of at least 4 members (excludes halogenated alkanes) is 42. The van der Waals surface area contributed by atoms with E-state index in [0.717, 1.165) is 114 Å². The Morgan fingerprint density at radius 2 is 0.490 bits per heavy atom. The molecule has 0 rings (SSSR count). The molecule has 3 N–H and O–H groups in total. The second kappa shape index (κ2) is 69.4. The van der Waals surface area contributed by atoms with Gasteiger partial charge in [0.2, 0.25) is 0 Å². The lowest BCUT2D eigenvalue weighted by atomic mass is 9.99. The molecular formula is C79H154O17P2. The van der Waals surface area contributed by atoms with E-state index in [0.29, 0.717) is 25.7 Å². The third-order valence-corrected chi connectivity index (χ3v) is 21.4. The number of rotatable bonds is 77. The van der Waals surface area contributed by atoms with Crippen molar-refractivity contribution in [2.75, 3.05) is 39.6 Å². The van der Waals surface area contributed by atoms with Crippen LogP contribution >= 0.6 is 15.6 Å². The molecule has 0 aromatic rings. The van der Waals surface area contributed by atoms with Gasteiger partial charge in [-0.15, -0.1) is 0 Å². The van der Waals surface area contributed by atoms with Crippen LogP contribution in [0.3, 0.4) is 0 Å². The van der Waals surface area contributed by atoms with Crippen molar-refractivity contribution in [3.63, 3.8) is 0 Å². The van der Waals surface area contributed by atoms with Gasteiger partial charge in [-0.1, -0.05) is 357 Å². The van der Waals surface area contributed by atoms with Crippen LogP contribution in [0, 0.1) is 17.8 Å². The summed E-state index contributed by atoms with van der Waals surface area (Å²) in [7, 11) is -9.92. The molecule has 0 fully saturated rings. The Kier molecular flexibility index (Phi) is 68.1.